The molecule has 1 heterocycles. The van der Waals surface area contributed by atoms with Gasteiger partial charge in [-0.05, 0) is 24.5 Å². The third kappa shape index (κ3) is 3.83. The minimum Gasteiger partial charge on any atom is -0.467 e. The van der Waals surface area contributed by atoms with Crippen LogP contribution in [0.15, 0.2) is 24.3 Å². The highest BCUT2D eigenvalue weighted by atomic mass is 16.5. The lowest BCUT2D eigenvalue weighted by Gasteiger charge is -2.19. The molecule has 2 rings (SSSR count). The van der Waals surface area contributed by atoms with Gasteiger partial charge in [-0.1, -0.05) is 18.2 Å². The lowest BCUT2D eigenvalue weighted by atomic mass is 10.0. The number of benzene rings is 1. The normalized spacial score (nSPS) is 18.3. The Kier molecular flexibility index (Phi) is 5.50. The lowest BCUT2D eigenvalue weighted by molar-refractivity contribution is -0.146. The van der Waals surface area contributed by atoms with Gasteiger partial charge in [-0.25, -0.2) is 4.79 Å². The summed E-state index contributed by atoms with van der Waals surface area (Å²) in [7, 11) is 1.27. The monoisotopic (exact) mass is 302 g/mol. The highest BCUT2D eigenvalue weighted by molar-refractivity contribution is 5.87. The van der Waals surface area contributed by atoms with Gasteiger partial charge < -0.3 is 14.8 Å². The predicted molar refractivity (Wildman–Crippen MR) is 77.8 cm³/mol. The topological polar surface area (TPSA) is 88.4 Å². The second-order valence-electron chi connectivity index (χ2n) is 5.06. The van der Waals surface area contributed by atoms with Crippen LogP contribution in [0.25, 0.3) is 0 Å². The van der Waals surface area contributed by atoms with Gasteiger partial charge in [0.15, 0.2) is 0 Å². The first-order valence-electron chi connectivity index (χ1n) is 7.13. The zero-order valence-electron chi connectivity index (χ0n) is 12.4. The maximum absolute atomic E-state index is 12.1. The molecule has 0 unspecified atom stereocenters. The maximum Gasteiger partial charge on any atom is 0.328 e. The minimum absolute atomic E-state index is 0.203. The van der Waals surface area contributed by atoms with E-state index in [1.165, 1.54) is 7.11 Å². The summed E-state index contributed by atoms with van der Waals surface area (Å²) in [6.45, 7) is 0.554. The van der Waals surface area contributed by atoms with Gasteiger partial charge in [-0.2, -0.15) is 5.26 Å². The van der Waals surface area contributed by atoms with Crippen molar-refractivity contribution in [3.63, 3.8) is 0 Å². The SMILES string of the molecule is COC(=O)[C@H](Cc1ccccc1C#N)NC(=O)[C@H]1CCCO1. The van der Waals surface area contributed by atoms with Gasteiger partial charge in [-0.3, -0.25) is 4.79 Å². The van der Waals surface area contributed by atoms with E-state index < -0.39 is 18.1 Å². The van der Waals surface area contributed by atoms with Crippen molar-refractivity contribution in [3.05, 3.63) is 35.4 Å². The summed E-state index contributed by atoms with van der Waals surface area (Å²) in [4.78, 5) is 24.0. The molecule has 6 nitrogen and oxygen atoms in total. The number of rotatable bonds is 5. The third-order valence-electron chi connectivity index (χ3n) is 3.59. The molecule has 116 valence electrons. The number of esters is 1. The Labute approximate surface area is 129 Å². The number of carbonyl (C=O) groups excluding carboxylic acids is 2. The molecule has 0 radical (unpaired) electrons. The van der Waals surface area contributed by atoms with Crippen LogP contribution in [-0.2, 0) is 25.5 Å². The van der Waals surface area contributed by atoms with Crippen LogP contribution < -0.4 is 5.32 Å². The van der Waals surface area contributed by atoms with E-state index in [1.54, 1.807) is 24.3 Å². The molecule has 0 saturated carbocycles. The first-order valence-corrected chi connectivity index (χ1v) is 7.13. The summed E-state index contributed by atoms with van der Waals surface area (Å²) < 4.78 is 10.1. The molecular formula is C16H18N2O4. The van der Waals surface area contributed by atoms with Crippen molar-refractivity contribution < 1.29 is 19.1 Å². The quantitative estimate of drug-likeness (QED) is 0.818. The molecule has 2 atom stereocenters. The van der Waals surface area contributed by atoms with E-state index in [4.69, 9.17) is 14.7 Å². The van der Waals surface area contributed by atoms with Crippen LogP contribution >= 0.6 is 0 Å². The molecule has 22 heavy (non-hydrogen) atoms. The van der Waals surface area contributed by atoms with Crippen LogP contribution in [0, 0.1) is 11.3 Å². The van der Waals surface area contributed by atoms with Gasteiger partial charge in [-0.15, -0.1) is 0 Å². The zero-order chi connectivity index (χ0) is 15.9. The summed E-state index contributed by atoms with van der Waals surface area (Å²) in [5, 5.41) is 11.8. The number of ether oxygens (including phenoxy) is 2. The van der Waals surface area contributed by atoms with Crippen molar-refractivity contribution in [2.24, 2.45) is 0 Å². The molecule has 1 saturated heterocycles. The molecule has 0 bridgehead atoms. The Morgan fingerprint density at radius 1 is 1.50 bits per heavy atom. The van der Waals surface area contributed by atoms with Crippen LogP contribution in [-0.4, -0.2) is 37.7 Å². The van der Waals surface area contributed by atoms with Gasteiger partial charge in [0.25, 0.3) is 0 Å². The number of nitrogens with one attached hydrogen (secondary N) is 1. The Hall–Kier alpha value is -2.39. The van der Waals surface area contributed by atoms with Gasteiger partial charge in [0, 0.05) is 13.0 Å². The van der Waals surface area contributed by atoms with Crippen molar-refractivity contribution >= 4 is 11.9 Å². The van der Waals surface area contributed by atoms with Crippen molar-refractivity contribution in [1.82, 2.24) is 5.32 Å². The Balaban J connectivity index is 2.11. The highest BCUT2D eigenvalue weighted by Crippen LogP contribution is 2.14. The minimum atomic E-state index is -0.837. The standard InChI is InChI=1S/C16H18N2O4/c1-21-16(20)13(18-15(19)14-7-4-8-22-14)9-11-5-2-3-6-12(11)10-17/h2-3,5-6,13-14H,4,7-9H2,1H3,(H,18,19)/t13-,14+/m0/s1. The molecule has 0 spiro atoms. The fourth-order valence-electron chi connectivity index (χ4n) is 2.41. The van der Waals surface area contributed by atoms with Crippen molar-refractivity contribution in [2.45, 2.75) is 31.4 Å². The van der Waals surface area contributed by atoms with Gasteiger partial charge in [0.2, 0.25) is 5.91 Å². The van der Waals surface area contributed by atoms with Crippen LogP contribution in [0.5, 0.6) is 0 Å². The fourth-order valence-corrected chi connectivity index (χ4v) is 2.41. The first kappa shape index (κ1) is 16.0. The van der Waals surface area contributed by atoms with E-state index in [0.717, 1.165) is 6.42 Å². The third-order valence-corrected chi connectivity index (χ3v) is 3.59. The molecule has 1 aromatic rings. The Bertz CT molecular complexity index is 588. The van der Waals surface area contributed by atoms with Crippen molar-refractivity contribution in [1.29, 1.82) is 5.26 Å². The van der Waals surface area contributed by atoms with Crippen LogP contribution in [0.1, 0.15) is 24.0 Å². The zero-order valence-corrected chi connectivity index (χ0v) is 12.4. The second-order valence-corrected chi connectivity index (χ2v) is 5.06. The molecule has 1 amide bonds. The number of nitriles is 1. The summed E-state index contributed by atoms with van der Waals surface area (Å²) in [6, 6.07) is 8.20. The van der Waals surface area contributed by atoms with Gasteiger partial charge in [0.1, 0.15) is 12.1 Å². The van der Waals surface area contributed by atoms with E-state index in [2.05, 4.69) is 11.4 Å². The Morgan fingerprint density at radius 2 is 2.27 bits per heavy atom. The predicted octanol–water partition coefficient (Wildman–Crippen LogP) is 0.938. The number of amides is 1. The summed E-state index contributed by atoms with van der Waals surface area (Å²) in [6.07, 6.45) is 1.17. The van der Waals surface area contributed by atoms with Crippen LogP contribution in [0.2, 0.25) is 0 Å². The summed E-state index contributed by atoms with van der Waals surface area (Å²) >= 11 is 0. The highest BCUT2D eigenvalue weighted by Gasteiger charge is 2.29. The molecule has 1 N–H and O–H groups in total. The maximum atomic E-state index is 12.1. The number of hydrogen-bond donors (Lipinski definition) is 1. The second kappa shape index (κ2) is 7.57. The van der Waals surface area contributed by atoms with E-state index in [9.17, 15) is 9.59 Å². The van der Waals surface area contributed by atoms with Crippen LogP contribution in [0.4, 0.5) is 0 Å². The molecular weight excluding hydrogens is 284 g/mol. The Morgan fingerprint density at radius 3 is 2.91 bits per heavy atom. The van der Waals surface area contributed by atoms with Crippen molar-refractivity contribution in [3.8, 4) is 6.07 Å². The van der Waals surface area contributed by atoms with Crippen molar-refractivity contribution in [2.75, 3.05) is 13.7 Å². The van der Waals surface area contributed by atoms with Crippen LogP contribution in [0.3, 0.4) is 0 Å². The smallest absolute Gasteiger partial charge is 0.328 e. The first-order chi connectivity index (χ1) is 10.7. The molecule has 6 heteroatoms. The largest absolute Gasteiger partial charge is 0.467 e. The van der Waals surface area contributed by atoms with E-state index in [-0.39, 0.29) is 12.3 Å². The van der Waals surface area contributed by atoms with Gasteiger partial charge in [0.05, 0.1) is 18.7 Å². The molecule has 0 aromatic heterocycles. The molecule has 1 aliphatic heterocycles. The fraction of sp³-hybridized carbons (Fsp3) is 0.438. The number of nitrogens with zero attached hydrogens (tertiary/aromatic N) is 1. The molecule has 1 aliphatic rings. The van der Waals surface area contributed by atoms with E-state index in [1.807, 2.05) is 0 Å². The molecule has 1 aromatic carbocycles. The van der Waals surface area contributed by atoms with E-state index >= 15 is 0 Å². The average Bonchev–Trinajstić information content (AvgIpc) is 3.08. The average molecular weight is 302 g/mol. The molecule has 1 fully saturated rings. The van der Waals surface area contributed by atoms with Gasteiger partial charge >= 0.3 is 5.97 Å². The molecule has 0 aliphatic carbocycles. The summed E-state index contributed by atoms with van der Waals surface area (Å²) in [5.41, 5.74) is 1.16. The number of methoxy groups -OCH3 is 1. The van der Waals surface area contributed by atoms with E-state index in [0.29, 0.717) is 24.2 Å². The number of hydrogen-bond acceptors (Lipinski definition) is 5. The lowest BCUT2D eigenvalue weighted by Crippen LogP contribution is -2.47. The number of carbonyl (C=O) groups is 2. The summed E-state index contributed by atoms with van der Waals surface area (Å²) in [5.74, 6) is -0.860.